The monoisotopic (exact) mass is 356 g/mol. The van der Waals surface area contributed by atoms with Gasteiger partial charge in [-0.2, -0.15) is 0 Å². The molecule has 1 aromatic carbocycles. The number of hydrogen-bond donors (Lipinski definition) is 1. The fraction of sp³-hybridized carbons (Fsp3) is 0.562. The van der Waals surface area contributed by atoms with Gasteiger partial charge >= 0.3 is 0 Å². The molecule has 2 rings (SSSR count). The molecule has 1 amide bonds. The topological polar surface area (TPSA) is 98.9 Å². The quantitative estimate of drug-likeness (QED) is 0.761. The number of fused-ring (bicyclic) bond motifs is 1. The number of nitrogens with two attached hydrogens (primary N) is 1. The zero-order chi connectivity index (χ0) is 17.7. The lowest BCUT2D eigenvalue weighted by Crippen LogP contribution is -2.49. The van der Waals surface area contributed by atoms with Crippen LogP contribution in [0.5, 0.6) is 11.5 Å². The van der Waals surface area contributed by atoms with Gasteiger partial charge in [-0.15, -0.1) is 0 Å². The second-order valence-corrected chi connectivity index (χ2v) is 8.16. The van der Waals surface area contributed by atoms with Gasteiger partial charge in [0, 0.05) is 12.8 Å². The zero-order valence-electron chi connectivity index (χ0n) is 14.0. The molecule has 24 heavy (non-hydrogen) atoms. The molecule has 0 aliphatic carbocycles. The van der Waals surface area contributed by atoms with E-state index in [2.05, 4.69) is 0 Å². The van der Waals surface area contributed by atoms with Crippen molar-refractivity contribution in [1.29, 1.82) is 0 Å². The smallest absolute Gasteiger partial charge is 0.239 e. The zero-order valence-corrected chi connectivity index (χ0v) is 14.8. The highest BCUT2D eigenvalue weighted by atomic mass is 32.2. The molecule has 2 atom stereocenters. The van der Waals surface area contributed by atoms with Crippen molar-refractivity contribution in [2.24, 2.45) is 5.73 Å². The Hall–Kier alpha value is -1.80. The van der Waals surface area contributed by atoms with E-state index in [9.17, 15) is 13.2 Å². The fourth-order valence-corrected chi connectivity index (χ4v) is 3.15. The molecule has 1 aromatic rings. The van der Waals surface area contributed by atoms with Gasteiger partial charge in [0.2, 0.25) is 5.91 Å². The predicted octanol–water partition coefficient (Wildman–Crippen LogP) is 0.437. The van der Waals surface area contributed by atoms with Gasteiger partial charge in [-0.1, -0.05) is 12.1 Å². The molecular formula is C16H24N2O5S. The molecule has 0 bridgehead atoms. The van der Waals surface area contributed by atoms with Gasteiger partial charge in [0.1, 0.15) is 16.4 Å². The van der Waals surface area contributed by atoms with Crippen molar-refractivity contribution in [2.75, 3.05) is 31.7 Å². The molecule has 0 spiro atoms. The van der Waals surface area contributed by atoms with Crippen molar-refractivity contribution in [3.8, 4) is 11.5 Å². The number of ether oxygens (including phenoxy) is 2. The van der Waals surface area contributed by atoms with Gasteiger partial charge in [0.15, 0.2) is 17.6 Å². The summed E-state index contributed by atoms with van der Waals surface area (Å²) in [5, 5.41) is 0. The van der Waals surface area contributed by atoms with Crippen LogP contribution in [-0.4, -0.2) is 63.1 Å². The molecule has 0 aromatic heterocycles. The molecule has 1 aliphatic heterocycles. The first-order valence-electron chi connectivity index (χ1n) is 7.90. The minimum atomic E-state index is -3.14. The SMILES string of the molecule is CCN(CC1COc2ccccc2O1)C(=O)C(N)CCS(C)(=O)=O. The maximum absolute atomic E-state index is 12.4. The van der Waals surface area contributed by atoms with Crippen LogP contribution in [0.3, 0.4) is 0 Å². The van der Waals surface area contributed by atoms with Crippen molar-refractivity contribution in [1.82, 2.24) is 4.90 Å². The number of hydrogen-bond acceptors (Lipinski definition) is 6. The Morgan fingerprint density at radius 1 is 1.38 bits per heavy atom. The van der Waals surface area contributed by atoms with Crippen molar-refractivity contribution in [2.45, 2.75) is 25.5 Å². The highest BCUT2D eigenvalue weighted by Crippen LogP contribution is 2.31. The summed E-state index contributed by atoms with van der Waals surface area (Å²) in [4.78, 5) is 14.0. The van der Waals surface area contributed by atoms with Crippen molar-refractivity contribution >= 4 is 15.7 Å². The average molecular weight is 356 g/mol. The van der Waals surface area contributed by atoms with E-state index in [4.69, 9.17) is 15.2 Å². The molecule has 0 saturated carbocycles. The predicted molar refractivity (Wildman–Crippen MR) is 90.9 cm³/mol. The molecule has 2 N–H and O–H groups in total. The van der Waals surface area contributed by atoms with E-state index in [1.165, 1.54) is 0 Å². The number of para-hydroxylation sites is 2. The van der Waals surface area contributed by atoms with E-state index in [1.54, 1.807) is 4.90 Å². The van der Waals surface area contributed by atoms with Crippen LogP contribution in [0.15, 0.2) is 24.3 Å². The Morgan fingerprint density at radius 3 is 2.67 bits per heavy atom. The second kappa shape index (κ2) is 7.85. The number of benzene rings is 1. The largest absolute Gasteiger partial charge is 0.486 e. The number of nitrogens with zero attached hydrogens (tertiary/aromatic N) is 1. The fourth-order valence-electron chi connectivity index (χ4n) is 2.47. The Balaban J connectivity index is 1.93. The van der Waals surface area contributed by atoms with E-state index in [0.717, 1.165) is 6.26 Å². The maximum Gasteiger partial charge on any atom is 0.239 e. The van der Waals surface area contributed by atoms with Crippen LogP contribution in [0.25, 0.3) is 0 Å². The second-order valence-electron chi connectivity index (χ2n) is 5.90. The van der Waals surface area contributed by atoms with E-state index >= 15 is 0 Å². The summed E-state index contributed by atoms with van der Waals surface area (Å²) >= 11 is 0. The van der Waals surface area contributed by atoms with Gasteiger partial charge in [0.25, 0.3) is 0 Å². The van der Waals surface area contributed by atoms with Crippen LogP contribution >= 0.6 is 0 Å². The summed E-state index contributed by atoms with van der Waals surface area (Å²) in [5.74, 6) is 0.962. The summed E-state index contributed by atoms with van der Waals surface area (Å²) in [5.41, 5.74) is 5.85. The summed E-state index contributed by atoms with van der Waals surface area (Å²) < 4.78 is 33.9. The summed E-state index contributed by atoms with van der Waals surface area (Å²) in [6, 6.07) is 6.53. The normalized spacial score (nSPS) is 18.0. The molecule has 7 nitrogen and oxygen atoms in total. The minimum absolute atomic E-state index is 0.103. The molecule has 2 unspecified atom stereocenters. The van der Waals surface area contributed by atoms with Gasteiger partial charge in [-0.3, -0.25) is 4.79 Å². The van der Waals surface area contributed by atoms with Crippen LogP contribution in [0.4, 0.5) is 0 Å². The highest BCUT2D eigenvalue weighted by Gasteiger charge is 2.27. The van der Waals surface area contributed by atoms with Crippen molar-refractivity contribution in [3.05, 3.63) is 24.3 Å². The number of rotatable bonds is 7. The van der Waals surface area contributed by atoms with Gasteiger partial charge in [-0.05, 0) is 25.5 Å². The first-order valence-corrected chi connectivity index (χ1v) is 9.96. The van der Waals surface area contributed by atoms with Gasteiger partial charge < -0.3 is 20.1 Å². The molecule has 1 heterocycles. The lowest BCUT2D eigenvalue weighted by molar-refractivity contribution is -0.134. The Labute approximate surface area is 142 Å². The number of carbonyl (C=O) groups is 1. The molecule has 0 fully saturated rings. The Morgan fingerprint density at radius 2 is 2.04 bits per heavy atom. The Kier molecular flexibility index (Phi) is 6.06. The maximum atomic E-state index is 12.4. The van der Waals surface area contributed by atoms with Crippen molar-refractivity contribution in [3.63, 3.8) is 0 Å². The van der Waals surface area contributed by atoms with Crippen LogP contribution in [-0.2, 0) is 14.6 Å². The highest BCUT2D eigenvalue weighted by molar-refractivity contribution is 7.90. The van der Waals surface area contributed by atoms with Crippen LogP contribution < -0.4 is 15.2 Å². The molecule has 0 radical (unpaired) electrons. The van der Waals surface area contributed by atoms with E-state index in [1.807, 2.05) is 31.2 Å². The van der Waals surface area contributed by atoms with Crippen LogP contribution in [0, 0.1) is 0 Å². The third kappa shape index (κ3) is 5.10. The first-order chi connectivity index (χ1) is 11.3. The van der Waals surface area contributed by atoms with Crippen LogP contribution in [0.2, 0.25) is 0 Å². The van der Waals surface area contributed by atoms with E-state index in [-0.39, 0.29) is 24.2 Å². The molecular weight excluding hydrogens is 332 g/mol. The van der Waals surface area contributed by atoms with Gasteiger partial charge in [0.05, 0.1) is 18.3 Å². The lowest BCUT2D eigenvalue weighted by atomic mass is 10.2. The summed E-state index contributed by atoms with van der Waals surface area (Å²) in [6.07, 6.45) is 0.955. The van der Waals surface area contributed by atoms with E-state index in [0.29, 0.717) is 31.2 Å². The molecule has 134 valence electrons. The first kappa shape index (κ1) is 18.5. The third-order valence-electron chi connectivity index (χ3n) is 3.80. The minimum Gasteiger partial charge on any atom is -0.486 e. The number of sulfone groups is 1. The number of carbonyl (C=O) groups excluding carboxylic acids is 1. The van der Waals surface area contributed by atoms with Gasteiger partial charge in [-0.25, -0.2) is 8.42 Å². The van der Waals surface area contributed by atoms with Crippen LogP contribution in [0.1, 0.15) is 13.3 Å². The molecule has 0 saturated heterocycles. The lowest BCUT2D eigenvalue weighted by Gasteiger charge is -2.32. The number of likely N-dealkylation sites (N-methyl/N-ethyl adjacent to an activating group) is 1. The molecule has 1 aliphatic rings. The summed E-state index contributed by atoms with van der Waals surface area (Å²) in [7, 11) is -3.14. The summed E-state index contributed by atoms with van der Waals surface area (Å²) in [6.45, 7) is 3.00. The molecule has 8 heteroatoms. The number of amides is 1. The third-order valence-corrected chi connectivity index (χ3v) is 4.78. The Bertz CT molecular complexity index is 677. The standard InChI is InChI=1S/C16H24N2O5S/c1-3-18(16(19)13(17)8-9-24(2,20)21)10-12-11-22-14-6-4-5-7-15(14)23-12/h4-7,12-13H,3,8-11,17H2,1-2H3. The van der Waals surface area contributed by atoms with E-state index < -0.39 is 15.9 Å². The average Bonchev–Trinajstić information content (AvgIpc) is 2.56. The van der Waals surface area contributed by atoms with Crippen molar-refractivity contribution < 1.29 is 22.7 Å².